The molecule has 1 fully saturated rings. The fourth-order valence-corrected chi connectivity index (χ4v) is 2.76. The van der Waals surface area contributed by atoms with Crippen LogP contribution in [0.3, 0.4) is 0 Å². The third-order valence-electron chi connectivity index (χ3n) is 3.92. The van der Waals surface area contributed by atoms with Crippen molar-refractivity contribution in [1.82, 2.24) is 0 Å². The minimum atomic E-state index is -0.347. The van der Waals surface area contributed by atoms with Crippen LogP contribution in [-0.2, 0) is 16.1 Å². The number of rotatable bonds is 4. The van der Waals surface area contributed by atoms with Crippen molar-refractivity contribution < 1.29 is 4.79 Å². The molecule has 0 spiro atoms. The largest absolute Gasteiger partial charge is 0.325 e. The number of hydrogen-bond donors (Lipinski definition) is 1. The molecular formula is C17H16ClNO. The number of carbonyl (C=O) groups is 1. The Morgan fingerprint density at radius 2 is 1.70 bits per heavy atom. The number of nitrogens with one attached hydrogen (secondary N) is 1. The van der Waals surface area contributed by atoms with Crippen LogP contribution in [0.5, 0.6) is 0 Å². The molecule has 3 rings (SSSR count). The predicted octanol–water partition coefficient (Wildman–Crippen LogP) is 4.10. The summed E-state index contributed by atoms with van der Waals surface area (Å²) in [6.07, 6.45) is 1.82. The summed E-state index contributed by atoms with van der Waals surface area (Å²) in [4.78, 5) is 12.6. The van der Waals surface area contributed by atoms with Crippen LogP contribution in [0.15, 0.2) is 54.6 Å². The van der Waals surface area contributed by atoms with Gasteiger partial charge in [-0.15, -0.1) is 11.6 Å². The zero-order valence-electron chi connectivity index (χ0n) is 11.1. The summed E-state index contributed by atoms with van der Waals surface area (Å²) in [6, 6.07) is 17.7. The number of carbonyl (C=O) groups excluding carboxylic acids is 1. The van der Waals surface area contributed by atoms with E-state index in [1.807, 2.05) is 54.6 Å². The van der Waals surface area contributed by atoms with Gasteiger partial charge in [-0.25, -0.2) is 0 Å². The van der Waals surface area contributed by atoms with E-state index in [0.717, 1.165) is 29.7 Å². The Morgan fingerprint density at radius 1 is 1.05 bits per heavy atom. The van der Waals surface area contributed by atoms with Gasteiger partial charge < -0.3 is 5.32 Å². The molecule has 0 aliphatic heterocycles. The number of benzene rings is 2. The highest BCUT2D eigenvalue weighted by atomic mass is 35.5. The van der Waals surface area contributed by atoms with E-state index >= 15 is 0 Å². The van der Waals surface area contributed by atoms with E-state index in [-0.39, 0.29) is 11.3 Å². The molecule has 20 heavy (non-hydrogen) atoms. The van der Waals surface area contributed by atoms with Crippen LogP contribution in [0.2, 0.25) is 0 Å². The SMILES string of the molecule is O=C(Nc1ccccc1CCl)C1(c2ccccc2)CC1. The molecule has 2 nitrogen and oxygen atoms in total. The van der Waals surface area contributed by atoms with Gasteiger partial charge >= 0.3 is 0 Å². The fraction of sp³-hybridized carbons (Fsp3) is 0.235. The zero-order chi connectivity index (χ0) is 14.0. The van der Waals surface area contributed by atoms with Gasteiger partial charge in [0.25, 0.3) is 0 Å². The fourth-order valence-electron chi connectivity index (χ4n) is 2.53. The molecule has 102 valence electrons. The Morgan fingerprint density at radius 3 is 2.35 bits per heavy atom. The lowest BCUT2D eigenvalue weighted by Gasteiger charge is -2.17. The Balaban J connectivity index is 1.84. The van der Waals surface area contributed by atoms with Crippen LogP contribution in [0, 0.1) is 0 Å². The molecule has 1 saturated carbocycles. The first-order chi connectivity index (χ1) is 9.76. The quantitative estimate of drug-likeness (QED) is 0.842. The third kappa shape index (κ3) is 2.32. The smallest absolute Gasteiger partial charge is 0.235 e. The van der Waals surface area contributed by atoms with Gasteiger partial charge in [0.2, 0.25) is 5.91 Å². The average molecular weight is 286 g/mol. The molecule has 0 unspecified atom stereocenters. The average Bonchev–Trinajstić information content (AvgIpc) is 3.30. The highest BCUT2D eigenvalue weighted by molar-refractivity contribution is 6.17. The first-order valence-electron chi connectivity index (χ1n) is 6.77. The number of anilines is 1. The predicted molar refractivity (Wildman–Crippen MR) is 82.0 cm³/mol. The van der Waals surface area contributed by atoms with Gasteiger partial charge in [0.05, 0.1) is 5.41 Å². The second-order valence-corrected chi connectivity index (χ2v) is 5.46. The summed E-state index contributed by atoms with van der Waals surface area (Å²) in [5, 5.41) is 3.04. The Hall–Kier alpha value is -1.80. The van der Waals surface area contributed by atoms with Crippen molar-refractivity contribution in [2.75, 3.05) is 5.32 Å². The second-order valence-electron chi connectivity index (χ2n) is 5.19. The van der Waals surface area contributed by atoms with Crippen molar-refractivity contribution in [2.24, 2.45) is 0 Å². The van der Waals surface area contributed by atoms with Gasteiger partial charge in [-0.2, -0.15) is 0 Å². The van der Waals surface area contributed by atoms with Crippen molar-refractivity contribution >= 4 is 23.2 Å². The van der Waals surface area contributed by atoms with E-state index in [0.29, 0.717) is 5.88 Å². The maximum absolute atomic E-state index is 12.6. The van der Waals surface area contributed by atoms with Crippen LogP contribution in [0.25, 0.3) is 0 Å². The van der Waals surface area contributed by atoms with Crippen molar-refractivity contribution in [3.63, 3.8) is 0 Å². The van der Waals surface area contributed by atoms with E-state index in [2.05, 4.69) is 5.32 Å². The van der Waals surface area contributed by atoms with E-state index in [9.17, 15) is 4.79 Å². The minimum absolute atomic E-state index is 0.0706. The molecule has 2 aromatic carbocycles. The molecule has 1 N–H and O–H groups in total. The molecule has 0 atom stereocenters. The van der Waals surface area contributed by atoms with Gasteiger partial charge in [-0.05, 0) is 30.0 Å². The summed E-state index contributed by atoms with van der Waals surface area (Å²) in [6.45, 7) is 0. The molecule has 0 heterocycles. The van der Waals surface area contributed by atoms with E-state index < -0.39 is 0 Å². The number of para-hydroxylation sites is 1. The molecule has 0 bridgehead atoms. The van der Waals surface area contributed by atoms with E-state index in [4.69, 9.17) is 11.6 Å². The maximum atomic E-state index is 12.6. The van der Waals surface area contributed by atoms with Crippen molar-refractivity contribution in [3.05, 3.63) is 65.7 Å². The van der Waals surface area contributed by atoms with Gasteiger partial charge in [0.1, 0.15) is 0 Å². The van der Waals surface area contributed by atoms with Crippen LogP contribution in [-0.4, -0.2) is 5.91 Å². The molecule has 2 aromatic rings. The molecule has 3 heteroatoms. The zero-order valence-corrected chi connectivity index (χ0v) is 11.9. The topological polar surface area (TPSA) is 29.1 Å². The standard InChI is InChI=1S/C17H16ClNO/c18-12-13-6-4-5-9-15(13)19-16(20)17(10-11-17)14-7-2-1-3-8-14/h1-9H,10-12H2,(H,19,20). The second kappa shape index (κ2) is 5.29. The number of alkyl halides is 1. The Bertz CT molecular complexity index is 620. The first kappa shape index (κ1) is 13.2. The molecule has 0 radical (unpaired) electrons. The van der Waals surface area contributed by atoms with E-state index in [1.54, 1.807) is 0 Å². The van der Waals surface area contributed by atoms with Crippen LogP contribution >= 0.6 is 11.6 Å². The molecule has 1 aliphatic carbocycles. The highest BCUT2D eigenvalue weighted by Crippen LogP contribution is 2.49. The normalized spacial score (nSPS) is 15.7. The summed E-state index contributed by atoms with van der Waals surface area (Å²) >= 11 is 5.91. The molecule has 0 saturated heterocycles. The third-order valence-corrected chi connectivity index (χ3v) is 4.21. The lowest BCUT2D eigenvalue weighted by atomic mass is 9.95. The maximum Gasteiger partial charge on any atom is 0.235 e. The Kier molecular flexibility index (Phi) is 3.49. The molecule has 1 amide bonds. The Labute approximate surface area is 123 Å². The number of amides is 1. The summed E-state index contributed by atoms with van der Waals surface area (Å²) < 4.78 is 0. The number of halogens is 1. The number of hydrogen-bond acceptors (Lipinski definition) is 1. The highest BCUT2D eigenvalue weighted by Gasteiger charge is 2.51. The van der Waals surface area contributed by atoms with Crippen LogP contribution < -0.4 is 5.32 Å². The van der Waals surface area contributed by atoms with Gasteiger partial charge in [0, 0.05) is 11.6 Å². The van der Waals surface area contributed by atoms with Crippen molar-refractivity contribution in [2.45, 2.75) is 24.1 Å². The van der Waals surface area contributed by atoms with Gasteiger partial charge in [-0.1, -0.05) is 48.5 Å². The summed E-state index contributed by atoms with van der Waals surface area (Å²) in [5.74, 6) is 0.468. The van der Waals surface area contributed by atoms with Crippen molar-refractivity contribution in [3.8, 4) is 0 Å². The lowest BCUT2D eigenvalue weighted by Crippen LogP contribution is -2.28. The molecule has 0 aromatic heterocycles. The summed E-state index contributed by atoms with van der Waals surface area (Å²) in [7, 11) is 0. The van der Waals surface area contributed by atoms with Gasteiger partial charge in [0.15, 0.2) is 0 Å². The van der Waals surface area contributed by atoms with Gasteiger partial charge in [-0.3, -0.25) is 4.79 Å². The lowest BCUT2D eigenvalue weighted by molar-refractivity contribution is -0.118. The molecule has 1 aliphatic rings. The first-order valence-corrected chi connectivity index (χ1v) is 7.30. The monoisotopic (exact) mass is 285 g/mol. The van der Waals surface area contributed by atoms with Crippen LogP contribution in [0.4, 0.5) is 5.69 Å². The van der Waals surface area contributed by atoms with E-state index in [1.165, 1.54) is 0 Å². The summed E-state index contributed by atoms with van der Waals surface area (Å²) in [5.41, 5.74) is 2.52. The minimum Gasteiger partial charge on any atom is -0.325 e. The molecular weight excluding hydrogens is 270 g/mol. The van der Waals surface area contributed by atoms with Crippen LogP contribution in [0.1, 0.15) is 24.0 Å². The van der Waals surface area contributed by atoms with Crippen molar-refractivity contribution in [1.29, 1.82) is 0 Å².